The average molecular weight is 222 g/mol. The summed E-state index contributed by atoms with van der Waals surface area (Å²) in [7, 11) is 0. The van der Waals surface area contributed by atoms with Gasteiger partial charge in [-0.15, -0.1) is 5.10 Å². The first-order valence-corrected chi connectivity index (χ1v) is 5.58. The van der Waals surface area contributed by atoms with E-state index in [1.54, 1.807) is 0 Å². The molecule has 4 heteroatoms. The molecule has 4 nitrogen and oxygen atoms in total. The third kappa shape index (κ3) is 1.12. The van der Waals surface area contributed by atoms with Crippen LogP contribution in [0.2, 0.25) is 0 Å². The van der Waals surface area contributed by atoms with Crippen LogP contribution in [0.3, 0.4) is 0 Å². The molecule has 0 atom stereocenters. The summed E-state index contributed by atoms with van der Waals surface area (Å²) < 4.78 is 0. The fraction of sp³-hybridized carbons (Fsp3) is 0.0769. The second kappa shape index (κ2) is 3.07. The second-order valence-corrected chi connectivity index (χ2v) is 4.19. The first-order chi connectivity index (χ1) is 8.43. The number of H-pyrrole nitrogens is 1. The molecular formula is C13H10N4. The molecule has 82 valence electrons. The molecule has 3 aromatic rings. The Labute approximate surface area is 97.7 Å². The molecule has 3 heterocycles. The Balaban J connectivity index is 2.18. The highest BCUT2D eigenvalue weighted by Gasteiger charge is 2.17. The van der Waals surface area contributed by atoms with E-state index in [1.807, 2.05) is 24.5 Å². The molecule has 1 aliphatic heterocycles. The highest BCUT2D eigenvalue weighted by Crippen LogP contribution is 2.36. The second-order valence-electron chi connectivity index (χ2n) is 4.19. The minimum atomic E-state index is 0.815. The molecule has 0 saturated carbocycles. The lowest BCUT2D eigenvalue weighted by molar-refractivity contribution is 1.06. The van der Waals surface area contributed by atoms with Crippen LogP contribution < -0.4 is 5.32 Å². The summed E-state index contributed by atoms with van der Waals surface area (Å²) in [5, 5.41) is 12.8. The van der Waals surface area contributed by atoms with Gasteiger partial charge in [-0.05, 0) is 11.6 Å². The smallest absolute Gasteiger partial charge is 0.160 e. The van der Waals surface area contributed by atoms with Crippen LogP contribution in [0.15, 0.2) is 36.7 Å². The van der Waals surface area contributed by atoms with Gasteiger partial charge in [0, 0.05) is 34.9 Å². The molecular weight excluding hydrogens is 212 g/mol. The van der Waals surface area contributed by atoms with Gasteiger partial charge in [0.1, 0.15) is 0 Å². The summed E-state index contributed by atoms with van der Waals surface area (Å²) in [5.74, 6) is 0. The summed E-state index contributed by atoms with van der Waals surface area (Å²) in [6.07, 6.45) is 3.84. The van der Waals surface area contributed by atoms with Crippen LogP contribution in [0.25, 0.3) is 22.2 Å². The van der Waals surface area contributed by atoms with Crippen molar-refractivity contribution in [3.63, 3.8) is 0 Å². The summed E-state index contributed by atoms with van der Waals surface area (Å²) in [6.45, 7) is 0.815. The van der Waals surface area contributed by atoms with Crippen molar-refractivity contribution in [2.24, 2.45) is 0 Å². The van der Waals surface area contributed by atoms with Gasteiger partial charge >= 0.3 is 0 Å². The Kier molecular flexibility index (Phi) is 1.58. The van der Waals surface area contributed by atoms with Gasteiger partial charge in [0.2, 0.25) is 0 Å². The number of aromatic amines is 1. The Morgan fingerprint density at radius 1 is 1.12 bits per heavy atom. The molecule has 0 unspecified atom stereocenters. The Hall–Kier alpha value is -2.36. The maximum Gasteiger partial charge on any atom is 0.160 e. The monoisotopic (exact) mass is 222 g/mol. The molecule has 0 amide bonds. The van der Waals surface area contributed by atoms with Crippen LogP contribution in [0.1, 0.15) is 5.56 Å². The largest absolute Gasteiger partial charge is 0.380 e. The van der Waals surface area contributed by atoms with E-state index in [0.717, 1.165) is 23.4 Å². The van der Waals surface area contributed by atoms with Gasteiger partial charge in [-0.2, -0.15) is 5.10 Å². The number of aromatic nitrogens is 3. The van der Waals surface area contributed by atoms with Crippen molar-refractivity contribution in [2.45, 2.75) is 6.54 Å². The number of para-hydroxylation sites is 1. The lowest BCUT2D eigenvalue weighted by Crippen LogP contribution is -1.96. The molecule has 0 radical (unpaired) electrons. The van der Waals surface area contributed by atoms with Gasteiger partial charge in [0.05, 0.1) is 6.20 Å². The van der Waals surface area contributed by atoms with E-state index in [2.05, 4.69) is 32.6 Å². The topological polar surface area (TPSA) is 53.6 Å². The fourth-order valence-corrected chi connectivity index (χ4v) is 2.45. The van der Waals surface area contributed by atoms with Crippen molar-refractivity contribution >= 4 is 16.7 Å². The molecule has 0 spiro atoms. The predicted molar refractivity (Wildman–Crippen MR) is 66.7 cm³/mol. The number of nitrogens with zero attached hydrogens (tertiary/aromatic N) is 2. The molecule has 0 saturated heterocycles. The normalized spacial score (nSPS) is 12.9. The Morgan fingerprint density at radius 3 is 3.06 bits per heavy atom. The van der Waals surface area contributed by atoms with Gasteiger partial charge in [-0.3, -0.25) is 0 Å². The SMILES string of the molecule is c1ccc2c(c1)NCc1c[nH]c3nncc-2c13. The third-order valence-electron chi connectivity index (χ3n) is 3.24. The van der Waals surface area contributed by atoms with E-state index in [-0.39, 0.29) is 0 Å². The highest BCUT2D eigenvalue weighted by atomic mass is 15.1. The fourth-order valence-electron chi connectivity index (χ4n) is 2.45. The average Bonchev–Trinajstić information content (AvgIpc) is 2.72. The zero-order chi connectivity index (χ0) is 11.2. The molecule has 1 aliphatic rings. The molecule has 1 aromatic carbocycles. The highest BCUT2D eigenvalue weighted by molar-refractivity contribution is 5.99. The zero-order valence-corrected chi connectivity index (χ0v) is 9.07. The van der Waals surface area contributed by atoms with Gasteiger partial charge in [0.15, 0.2) is 5.65 Å². The molecule has 0 aliphatic carbocycles. The number of anilines is 1. The predicted octanol–water partition coefficient (Wildman–Crippen LogP) is 2.55. The minimum Gasteiger partial charge on any atom is -0.380 e. The number of nitrogens with one attached hydrogen (secondary N) is 2. The quantitative estimate of drug-likeness (QED) is 0.614. The molecule has 0 bridgehead atoms. The lowest BCUT2D eigenvalue weighted by atomic mass is 10.0. The van der Waals surface area contributed by atoms with Crippen molar-refractivity contribution in [3.8, 4) is 11.1 Å². The van der Waals surface area contributed by atoms with E-state index in [4.69, 9.17) is 0 Å². The van der Waals surface area contributed by atoms with Gasteiger partial charge < -0.3 is 10.3 Å². The van der Waals surface area contributed by atoms with Crippen molar-refractivity contribution in [1.82, 2.24) is 15.2 Å². The summed E-state index contributed by atoms with van der Waals surface area (Å²) in [4.78, 5) is 3.16. The van der Waals surface area contributed by atoms with Gasteiger partial charge in [-0.1, -0.05) is 18.2 Å². The van der Waals surface area contributed by atoms with Crippen molar-refractivity contribution in [3.05, 3.63) is 42.2 Å². The number of fused-ring (bicyclic) bond motifs is 2. The number of hydrogen-bond donors (Lipinski definition) is 2. The van der Waals surface area contributed by atoms with Crippen LogP contribution in [-0.2, 0) is 6.54 Å². The van der Waals surface area contributed by atoms with E-state index < -0.39 is 0 Å². The van der Waals surface area contributed by atoms with Crippen LogP contribution in [0, 0.1) is 0 Å². The number of benzene rings is 1. The Bertz CT molecular complexity index is 714. The summed E-state index contributed by atoms with van der Waals surface area (Å²) in [5.41, 5.74) is 5.58. The van der Waals surface area contributed by atoms with Gasteiger partial charge in [-0.25, -0.2) is 0 Å². The lowest BCUT2D eigenvalue weighted by Gasteiger charge is -2.07. The zero-order valence-electron chi connectivity index (χ0n) is 9.07. The maximum absolute atomic E-state index is 4.13. The van der Waals surface area contributed by atoms with Crippen molar-refractivity contribution in [2.75, 3.05) is 5.32 Å². The van der Waals surface area contributed by atoms with Crippen LogP contribution in [0.4, 0.5) is 5.69 Å². The van der Waals surface area contributed by atoms with Gasteiger partial charge in [0.25, 0.3) is 0 Å². The molecule has 2 N–H and O–H groups in total. The standard InChI is InChI=1S/C13H10N4/c1-2-4-11-9(3-1)10-7-16-17-13-12(10)8(5-14-11)6-15-13/h1-4,6-7,14H,5H2,(H,15,17). The first kappa shape index (κ1) is 8.75. The minimum absolute atomic E-state index is 0.815. The first-order valence-electron chi connectivity index (χ1n) is 5.58. The van der Waals surface area contributed by atoms with E-state index >= 15 is 0 Å². The van der Waals surface area contributed by atoms with Crippen LogP contribution in [-0.4, -0.2) is 15.2 Å². The van der Waals surface area contributed by atoms with E-state index in [1.165, 1.54) is 16.5 Å². The third-order valence-corrected chi connectivity index (χ3v) is 3.24. The molecule has 2 aromatic heterocycles. The number of hydrogen-bond acceptors (Lipinski definition) is 3. The van der Waals surface area contributed by atoms with E-state index in [9.17, 15) is 0 Å². The number of rotatable bonds is 0. The van der Waals surface area contributed by atoms with E-state index in [0.29, 0.717) is 0 Å². The molecule has 4 rings (SSSR count). The summed E-state index contributed by atoms with van der Waals surface area (Å²) >= 11 is 0. The van der Waals surface area contributed by atoms with Crippen molar-refractivity contribution < 1.29 is 0 Å². The molecule has 17 heavy (non-hydrogen) atoms. The van der Waals surface area contributed by atoms with Crippen molar-refractivity contribution in [1.29, 1.82) is 0 Å². The van der Waals surface area contributed by atoms with Crippen LogP contribution in [0.5, 0.6) is 0 Å². The maximum atomic E-state index is 4.13. The Morgan fingerprint density at radius 2 is 2.06 bits per heavy atom. The van der Waals surface area contributed by atoms with Crippen LogP contribution >= 0.6 is 0 Å². The molecule has 0 fully saturated rings. The summed E-state index contributed by atoms with van der Waals surface area (Å²) in [6, 6.07) is 8.29.